The number of carbonyl (C=O) groups is 1. The maximum absolute atomic E-state index is 12.2. The van der Waals surface area contributed by atoms with Crippen LogP contribution in [-0.4, -0.2) is 56.5 Å². The van der Waals surface area contributed by atoms with Crippen molar-refractivity contribution in [1.29, 1.82) is 0 Å². The molecular formula is C14H27NO4S. The van der Waals surface area contributed by atoms with E-state index in [1.165, 1.54) is 0 Å². The molecule has 0 aromatic carbocycles. The summed E-state index contributed by atoms with van der Waals surface area (Å²) in [5.74, 6) is 0.854. The Hall–Kier alpha value is -0.620. The average molecular weight is 305 g/mol. The van der Waals surface area contributed by atoms with Crippen molar-refractivity contribution in [2.24, 2.45) is 5.92 Å². The van der Waals surface area contributed by atoms with Crippen LogP contribution in [0.2, 0.25) is 0 Å². The van der Waals surface area contributed by atoms with E-state index in [0.29, 0.717) is 25.4 Å². The van der Waals surface area contributed by atoms with E-state index in [0.717, 1.165) is 6.42 Å². The molecule has 0 aromatic heterocycles. The number of hydrogen-bond acceptors (Lipinski definition) is 4. The highest BCUT2D eigenvalue weighted by molar-refractivity contribution is 7.91. The van der Waals surface area contributed by atoms with Crippen LogP contribution >= 0.6 is 0 Å². The fraction of sp³-hybridized carbons (Fsp3) is 0.929. The van der Waals surface area contributed by atoms with Gasteiger partial charge in [-0.05, 0) is 32.1 Å². The van der Waals surface area contributed by atoms with E-state index in [4.69, 9.17) is 4.74 Å². The third kappa shape index (κ3) is 5.40. The molecule has 6 heteroatoms. The van der Waals surface area contributed by atoms with Crippen LogP contribution in [0.5, 0.6) is 0 Å². The normalized spacial score (nSPS) is 20.9. The van der Waals surface area contributed by atoms with Gasteiger partial charge >= 0.3 is 0 Å². The predicted octanol–water partition coefficient (Wildman–Crippen LogP) is 1.47. The van der Waals surface area contributed by atoms with Gasteiger partial charge in [0.15, 0.2) is 0 Å². The Bertz CT molecular complexity index is 405. The molecule has 0 aromatic rings. The fourth-order valence-electron chi connectivity index (χ4n) is 2.28. The zero-order valence-corrected chi connectivity index (χ0v) is 13.8. The molecule has 118 valence electrons. The number of rotatable bonds is 6. The van der Waals surface area contributed by atoms with Crippen molar-refractivity contribution in [3.05, 3.63) is 0 Å². The van der Waals surface area contributed by atoms with Gasteiger partial charge in [0, 0.05) is 19.7 Å². The SMILES string of the molecule is CC(C)CCO[C@@H](C)C(=O)N(C)C1CCS(=O)(=O)CC1. The number of ether oxygens (including phenoxy) is 1. The Balaban J connectivity index is 2.42. The van der Waals surface area contributed by atoms with E-state index < -0.39 is 15.9 Å². The second-order valence-corrected chi connectivity index (χ2v) is 8.33. The zero-order chi connectivity index (χ0) is 15.3. The Labute approximate surface area is 122 Å². The monoisotopic (exact) mass is 305 g/mol. The largest absolute Gasteiger partial charge is 0.369 e. The summed E-state index contributed by atoms with van der Waals surface area (Å²) >= 11 is 0. The second kappa shape index (κ2) is 7.41. The van der Waals surface area contributed by atoms with Crippen LogP contribution in [0.15, 0.2) is 0 Å². The smallest absolute Gasteiger partial charge is 0.251 e. The summed E-state index contributed by atoms with van der Waals surface area (Å²) < 4.78 is 28.4. The zero-order valence-electron chi connectivity index (χ0n) is 13.0. The molecule has 1 saturated heterocycles. The number of hydrogen-bond donors (Lipinski definition) is 0. The number of nitrogens with zero attached hydrogens (tertiary/aromatic N) is 1. The lowest BCUT2D eigenvalue weighted by molar-refractivity contribution is -0.143. The lowest BCUT2D eigenvalue weighted by atomic mass is 10.1. The minimum Gasteiger partial charge on any atom is -0.369 e. The predicted molar refractivity (Wildman–Crippen MR) is 79.3 cm³/mol. The molecule has 1 amide bonds. The van der Waals surface area contributed by atoms with Crippen LogP contribution in [0.1, 0.15) is 40.0 Å². The van der Waals surface area contributed by atoms with E-state index in [-0.39, 0.29) is 23.5 Å². The summed E-state index contributed by atoms with van der Waals surface area (Å²) in [7, 11) is -1.14. The van der Waals surface area contributed by atoms with Gasteiger partial charge in [0.1, 0.15) is 15.9 Å². The molecule has 0 unspecified atom stereocenters. The Morgan fingerprint density at radius 2 is 1.80 bits per heavy atom. The third-order valence-corrected chi connectivity index (χ3v) is 5.55. The van der Waals surface area contributed by atoms with Crippen molar-refractivity contribution in [3.8, 4) is 0 Å². The van der Waals surface area contributed by atoms with E-state index in [1.54, 1.807) is 18.9 Å². The highest BCUT2D eigenvalue weighted by Gasteiger charge is 2.30. The molecule has 1 fully saturated rings. The van der Waals surface area contributed by atoms with E-state index in [2.05, 4.69) is 13.8 Å². The number of likely N-dealkylation sites (N-methyl/N-ethyl adjacent to an activating group) is 1. The lowest BCUT2D eigenvalue weighted by Gasteiger charge is -2.32. The first-order valence-corrected chi connectivity index (χ1v) is 9.14. The molecule has 0 bridgehead atoms. The van der Waals surface area contributed by atoms with Crippen LogP contribution < -0.4 is 0 Å². The van der Waals surface area contributed by atoms with Crippen LogP contribution in [0.3, 0.4) is 0 Å². The molecule has 0 aliphatic carbocycles. The van der Waals surface area contributed by atoms with Crippen molar-refractivity contribution in [2.75, 3.05) is 25.2 Å². The number of carbonyl (C=O) groups excluding carboxylic acids is 1. The van der Waals surface area contributed by atoms with Crippen molar-refractivity contribution in [2.45, 2.75) is 52.2 Å². The Morgan fingerprint density at radius 3 is 2.30 bits per heavy atom. The molecular weight excluding hydrogens is 278 g/mol. The standard InChI is InChI=1S/C14H27NO4S/c1-11(2)5-8-19-12(3)14(16)15(4)13-6-9-20(17,18)10-7-13/h11-13H,5-10H2,1-4H3/t12-/m0/s1. The lowest BCUT2D eigenvalue weighted by Crippen LogP contribution is -2.46. The molecule has 1 rings (SSSR count). The molecule has 1 atom stereocenters. The molecule has 0 saturated carbocycles. The highest BCUT2D eigenvalue weighted by Crippen LogP contribution is 2.18. The fourth-order valence-corrected chi connectivity index (χ4v) is 3.75. The molecule has 20 heavy (non-hydrogen) atoms. The average Bonchev–Trinajstić information content (AvgIpc) is 2.36. The van der Waals surface area contributed by atoms with Crippen molar-refractivity contribution >= 4 is 15.7 Å². The van der Waals surface area contributed by atoms with Gasteiger partial charge in [0.25, 0.3) is 5.91 Å². The molecule has 5 nitrogen and oxygen atoms in total. The maximum atomic E-state index is 12.2. The summed E-state index contributed by atoms with van der Waals surface area (Å²) in [6.07, 6.45) is 1.53. The van der Waals surface area contributed by atoms with E-state index in [1.807, 2.05) is 0 Å². The van der Waals surface area contributed by atoms with Crippen LogP contribution in [0, 0.1) is 5.92 Å². The second-order valence-electron chi connectivity index (χ2n) is 6.03. The van der Waals surface area contributed by atoms with Gasteiger partial charge in [-0.1, -0.05) is 13.8 Å². The minimum absolute atomic E-state index is 0.0159. The van der Waals surface area contributed by atoms with Gasteiger partial charge < -0.3 is 9.64 Å². The third-order valence-electron chi connectivity index (χ3n) is 3.83. The summed E-state index contributed by atoms with van der Waals surface area (Å²) in [4.78, 5) is 13.9. The minimum atomic E-state index is -2.89. The quantitative estimate of drug-likeness (QED) is 0.745. The molecule has 1 aliphatic rings. The van der Waals surface area contributed by atoms with E-state index >= 15 is 0 Å². The van der Waals surface area contributed by atoms with Crippen LogP contribution in [0.25, 0.3) is 0 Å². The summed E-state index contributed by atoms with van der Waals surface area (Å²) in [6.45, 7) is 6.57. The Morgan fingerprint density at radius 1 is 1.25 bits per heavy atom. The summed E-state index contributed by atoms with van der Waals surface area (Å²) in [6, 6.07) is 0.0159. The molecule has 1 aliphatic heterocycles. The number of amides is 1. The summed E-state index contributed by atoms with van der Waals surface area (Å²) in [5.41, 5.74) is 0. The van der Waals surface area contributed by atoms with Crippen molar-refractivity contribution in [1.82, 2.24) is 4.90 Å². The first-order valence-electron chi connectivity index (χ1n) is 7.31. The van der Waals surface area contributed by atoms with Crippen molar-refractivity contribution < 1.29 is 17.9 Å². The maximum Gasteiger partial charge on any atom is 0.251 e. The number of sulfone groups is 1. The molecule has 1 heterocycles. The first kappa shape index (κ1) is 17.4. The van der Waals surface area contributed by atoms with Gasteiger partial charge in [-0.25, -0.2) is 8.42 Å². The van der Waals surface area contributed by atoms with Gasteiger partial charge in [0.05, 0.1) is 11.5 Å². The first-order chi connectivity index (χ1) is 9.23. The van der Waals surface area contributed by atoms with Gasteiger partial charge in [0.2, 0.25) is 0 Å². The topological polar surface area (TPSA) is 63.7 Å². The van der Waals surface area contributed by atoms with Crippen LogP contribution in [-0.2, 0) is 19.4 Å². The van der Waals surface area contributed by atoms with Gasteiger partial charge in [-0.3, -0.25) is 4.79 Å². The molecule has 0 N–H and O–H groups in total. The summed E-state index contributed by atoms with van der Waals surface area (Å²) in [5, 5.41) is 0. The highest BCUT2D eigenvalue weighted by atomic mass is 32.2. The van der Waals surface area contributed by atoms with E-state index in [9.17, 15) is 13.2 Å². The Kier molecular flexibility index (Phi) is 6.45. The van der Waals surface area contributed by atoms with Crippen molar-refractivity contribution in [3.63, 3.8) is 0 Å². The molecule has 0 spiro atoms. The van der Waals surface area contributed by atoms with Gasteiger partial charge in [-0.2, -0.15) is 0 Å². The molecule has 0 radical (unpaired) electrons. The van der Waals surface area contributed by atoms with Crippen LogP contribution in [0.4, 0.5) is 0 Å². The van der Waals surface area contributed by atoms with Gasteiger partial charge in [-0.15, -0.1) is 0 Å².